The van der Waals surface area contributed by atoms with E-state index in [1.165, 1.54) is 19.3 Å². The fourth-order valence-electron chi connectivity index (χ4n) is 3.17. The number of amides is 1. The zero-order valence-corrected chi connectivity index (χ0v) is 17.3. The van der Waals surface area contributed by atoms with Crippen LogP contribution in [0.15, 0.2) is 12.4 Å². The van der Waals surface area contributed by atoms with E-state index in [4.69, 9.17) is 11.5 Å². The zero-order chi connectivity index (χ0) is 22.0. The highest BCUT2D eigenvalue weighted by Gasteiger charge is 2.46. The summed E-state index contributed by atoms with van der Waals surface area (Å²) < 4.78 is 0. The Morgan fingerprint density at radius 1 is 1.14 bits per heavy atom. The molecule has 0 aliphatic heterocycles. The lowest BCUT2D eigenvalue weighted by Gasteiger charge is -2.32. The van der Waals surface area contributed by atoms with Crippen molar-refractivity contribution in [2.45, 2.75) is 88.9 Å². The van der Waals surface area contributed by atoms with Gasteiger partial charge in [0.05, 0.1) is 12.5 Å². The molecular formula is C20H34N4O5. The number of hydrogen-bond acceptors (Lipinski definition) is 7. The molecule has 1 aromatic heterocycles. The van der Waals surface area contributed by atoms with Gasteiger partial charge >= 0.3 is 5.97 Å². The Hall–Kier alpha value is -2.10. The van der Waals surface area contributed by atoms with Gasteiger partial charge in [-0.05, 0) is 24.3 Å². The van der Waals surface area contributed by atoms with Gasteiger partial charge in [-0.1, -0.05) is 39.5 Å². The number of aliphatic hydroxyl groups excluding tert-OH is 2. The Kier molecular flexibility index (Phi) is 10.1. The van der Waals surface area contributed by atoms with E-state index in [2.05, 4.69) is 23.8 Å². The summed E-state index contributed by atoms with van der Waals surface area (Å²) in [7, 11) is 0. The van der Waals surface area contributed by atoms with Gasteiger partial charge in [0.15, 0.2) is 5.54 Å². The van der Waals surface area contributed by atoms with Crippen LogP contribution < -0.4 is 11.5 Å². The average molecular weight is 411 g/mol. The van der Waals surface area contributed by atoms with Gasteiger partial charge in [0.25, 0.3) is 0 Å². The number of aliphatic hydroxyl groups is 2. The number of nitrogens with zero attached hydrogens (tertiary/aromatic N) is 2. The van der Waals surface area contributed by atoms with Gasteiger partial charge in [0.2, 0.25) is 5.91 Å². The van der Waals surface area contributed by atoms with Crippen LogP contribution in [0.5, 0.6) is 0 Å². The molecule has 0 bridgehead atoms. The van der Waals surface area contributed by atoms with Crippen LogP contribution in [-0.2, 0) is 16.0 Å². The molecule has 0 aromatic carbocycles. The first-order valence-electron chi connectivity index (χ1n) is 10.1. The van der Waals surface area contributed by atoms with Crippen molar-refractivity contribution in [3.63, 3.8) is 0 Å². The van der Waals surface area contributed by atoms with Crippen molar-refractivity contribution in [1.82, 2.24) is 9.97 Å². The molecule has 9 nitrogen and oxygen atoms in total. The molecule has 9 heteroatoms. The summed E-state index contributed by atoms with van der Waals surface area (Å²) in [5.74, 6) is -1.78. The fourth-order valence-corrected chi connectivity index (χ4v) is 3.17. The van der Waals surface area contributed by atoms with Gasteiger partial charge < -0.3 is 26.8 Å². The topological polar surface area (TPSA) is 173 Å². The maximum Gasteiger partial charge on any atom is 0.327 e. The molecule has 1 aromatic rings. The average Bonchev–Trinajstić information content (AvgIpc) is 2.68. The SMILES string of the molecule is CCCCCCC(C)c1cnc(CCC(O)C(O)C(N)(CC(N)=O)C(=O)O)nc1. The van der Waals surface area contributed by atoms with Crippen LogP contribution in [0, 0.1) is 0 Å². The number of carbonyl (C=O) groups excluding carboxylic acids is 1. The van der Waals surface area contributed by atoms with E-state index in [9.17, 15) is 24.9 Å². The Balaban J connectivity index is 2.61. The van der Waals surface area contributed by atoms with Crippen LogP contribution in [0.25, 0.3) is 0 Å². The molecular weight excluding hydrogens is 376 g/mol. The normalized spacial score (nSPS) is 16.6. The maximum atomic E-state index is 11.4. The molecule has 1 amide bonds. The van der Waals surface area contributed by atoms with E-state index in [-0.39, 0.29) is 12.8 Å². The number of aryl methyl sites for hydroxylation is 1. The third kappa shape index (κ3) is 7.68. The van der Waals surface area contributed by atoms with Gasteiger partial charge in [0.1, 0.15) is 11.9 Å². The largest absolute Gasteiger partial charge is 0.480 e. The molecule has 0 saturated carbocycles. The number of carboxylic acids is 1. The highest BCUT2D eigenvalue weighted by Crippen LogP contribution is 2.22. The Morgan fingerprint density at radius 2 is 1.76 bits per heavy atom. The highest BCUT2D eigenvalue weighted by molar-refractivity contribution is 5.87. The summed E-state index contributed by atoms with van der Waals surface area (Å²) in [4.78, 5) is 31.0. The summed E-state index contributed by atoms with van der Waals surface area (Å²) in [6, 6.07) is 0. The number of nitrogens with two attached hydrogens (primary N) is 2. The molecule has 4 atom stereocenters. The molecule has 29 heavy (non-hydrogen) atoms. The van der Waals surface area contributed by atoms with Crippen LogP contribution in [0.4, 0.5) is 0 Å². The molecule has 7 N–H and O–H groups in total. The van der Waals surface area contributed by atoms with Crippen molar-refractivity contribution < 1.29 is 24.9 Å². The molecule has 1 rings (SSSR count). The van der Waals surface area contributed by atoms with Crippen molar-refractivity contribution in [1.29, 1.82) is 0 Å². The minimum atomic E-state index is -2.36. The number of unbranched alkanes of at least 4 members (excludes halogenated alkanes) is 3. The second-order valence-corrected chi connectivity index (χ2v) is 7.72. The number of rotatable bonds is 14. The summed E-state index contributed by atoms with van der Waals surface area (Å²) >= 11 is 0. The lowest BCUT2D eigenvalue weighted by Crippen LogP contribution is -2.62. The molecule has 0 fully saturated rings. The summed E-state index contributed by atoms with van der Waals surface area (Å²) in [6.07, 6.45) is 5.48. The standard InChI is InChI=1S/C20H34N4O5/c1-3-4-5-6-7-13(2)14-11-23-17(24-12-14)9-8-15(25)18(27)20(22,19(28)29)10-16(21)26/h11-13,15,18,25,27H,3-10,22H2,1-2H3,(H2,21,26)(H,28,29). The minimum Gasteiger partial charge on any atom is -0.480 e. The first-order valence-corrected chi connectivity index (χ1v) is 10.1. The molecule has 0 saturated heterocycles. The molecule has 0 aliphatic rings. The summed E-state index contributed by atoms with van der Waals surface area (Å²) in [5, 5.41) is 29.6. The van der Waals surface area contributed by atoms with E-state index < -0.39 is 36.0 Å². The van der Waals surface area contributed by atoms with Crippen LogP contribution in [0.2, 0.25) is 0 Å². The minimum absolute atomic E-state index is 0.0158. The number of aromatic nitrogens is 2. The quantitative estimate of drug-likeness (QED) is 0.281. The molecule has 4 unspecified atom stereocenters. The number of hydrogen-bond donors (Lipinski definition) is 5. The van der Waals surface area contributed by atoms with Crippen molar-refractivity contribution >= 4 is 11.9 Å². The van der Waals surface area contributed by atoms with Crippen molar-refractivity contribution in [3.8, 4) is 0 Å². The first kappa shape index (κ1) is 24.9. The highest BCUT2D eigenvalue weighted by atomic mass is 16.4. The number of carbonyl (C=O) groups is 2. The molecule has 0 spiro atoms. The van der Waals surface area contributed by atoms with Gasteiger partial charge in [0, 0.05) is 18.8 Å². The second-order valence-electron chi connectivity index (χ2n) is 7.72. The van der Waals surface area contributed by atoms with Crippen molar-refractivity contribution in [2.75, 3.05) is 0 Å². The lowest BCUT2D eigenvalue weighted by molar-refractivity contribution is -0.154. The maximum absolute atomic E-state index is 11.4. The van der Waals surface area contributed by atoms with Crippen LogP contribution in [0.1, 0.15) is 76.1 Å². The van der Waals surface area contributed by atoms with Gasteiger partial charge in [-0.2, -0.15) is 0 Å². The summed E-state index contributed by atoms with van der Waals surface area (Å²) in [6.45, 7) is 4.31. The monoisotopic (exact) mass is 410 g/mol. The van der Waals surface area contributed by atoms with E-state index in [0.29, 0.717) is 11.7 Å². The third-order valence-electron chi connectivity index (χ3n) is 5.21. The van der Waals surface area contributed by atoms with E-state index in [1.807, 2.05) is 0 Å². The van der Waals surface area contributed by atoms with E-state index in [1.54, 1.807) is 12.4 Å². The van der Waals surface area contributed by atoms with Gasteiger partial charge in [-0.3, -0.25) is 9.59 Å². The van der Waals surface area contributed by atoms with Gasteiger partial charge in [-0.15, -0.1) is 0 Å². The van der Waals surface area contributed by atoms with E-state index in [0.717, 1.165) is 18.4 Å². The molecule has 164 valence electrons. The zero-order valence-electron chi connectivity index (χ0n) is 17.3. The van der Waals surface area contributed by atoms with Crippen LogP contribution in [0.3, 0.4) is 0 Å². The molecule has 1 heterocycles. The predicted molar refractivity (Wildman–Crippen MR) is 108 cm³/mol. The van der Waals surface area contributed by atoms with Crippen LogP contribution in [-0.4, -0.2) is 54.9 Å². The smallest absolute Gasteiger partial charge is 0.327 e. The first-order chi connectivity index (χ1) is 13.6. The van der Waals surface area contributed by atoms with Crippen molar-refractivity contribution in [3.05, 3.63) is 23.8 Å². The second kappa shape index (κ2) is 11.8. The Bertz CT molecular complexity index is 655. The van der Waals surface area contributed by atoms with Gasteiger partial charge in [-0.25, -0.2) is 9.97 Å². The number of primary amides is 1. The Morgan fingerprint density at radius 3 is 2.28 bits per heavy atom. The molecule has 0 aliphatic carbocycles. The van der Waals surface area contributed by atoms with Crippen molar-refractivity contribution in [2.24, 2.45) is 11.5 Å². The number of aliphatic carboxylic acids is 1. The Labute approximate surface area is 171 Å². The number of carboxylic acid groups (broad SMARTS) is 1. The fraction of sp³-hybridized carbons (Fsp3) is 0.700. The molecule has 0 radical (unpaired) electrons. The third-order valence-corrected chi connectivity index (χ3v) is 5.21. The lowest BCUT2D eigenvalue weighted by atomic mass is 9.85. The summed E-state index contributed by atoms with van der Waals surface area (Å²) in [5.41, 5.74) is 9.32. The van der Waals surface area contributed by atoms with E-state index >= 15 is 0 Å². The predicted octanol–water partition coefficient (Wildman–Crippen LogP) is 0.862. The van der Waals surface area contributed by atoms with Crippen LogP contribution >= 0.6 is 0 Å².